The second kappa shape index (κ2) is 8.85. The molecule has 86 valence electrons. The fourth-order valence-corrected chi connectivity index (χ4v) is 1.18. The lowest BCUT2D eigenvalue weighted by molar-refractivity contribution is 0.100. The maximum atomic E-state index is 11.5. The molecular formula is C12H16N2OS. The quantitative estimate of drug-likeness (QED) is 0.554. The average Bonchev–Trinajstić information content (AvgIpc) is 2.39. The number of benzene rings is 1. The molecule has 0 bridgehead atoms. The molecule has 0 heterocycles. The van der Waals surface area contributed by atoms with E-state index in [1.807, 2.05) is 19.9 Å². The molecule has 0 N–H and O–H groups in total. The topological polar surface area (TPSA) is 41.8 Å². The molecule has 0 unspecified atom stereocenters. The summed E-state index contributed by atoms with van der Waals surface area (Å²) in [6, 6.07) is 8.87. The van der Waals surface area contributed by atoms with Gasteiger partial charge in [-0.1, -0.05) is 43.8 Å². The molecule has 0 aliphatic carbocycles. The van der Waals surface area contributed by atoms with Crippen LogP contribution < -0.4 is 0 Å². The second-order valence-corrected chi connectivity index (χ2v) is 3.20. The van der Waals surface area contributed by atoms with Crippen molar-refractivity contribution in [3.05, 3.63) is 35.9 Å². The van der Waals surface area contributed by atoms with E-state index in [-0.39, 0.29) is 5.91 Å². The first kappa shape index (κ1) is 14.6. The molecule has 0 aliphatic rings. The van der Waals surface area contributed by atoms with Crippen molar-refractivity contribution in [3.63, 3.8) is 0 Å². The van der Waals surface area contributed by atoms with Crippen molar-refractivity contribution in [1.82, 2.24) is 0 Å². The van der Waals surface area contributed by atoms with Gasteiger partial charge in [-0.3, -0.25) is 4.79 Å². The Morgan fingerprint density at radius 2 is 1.81 bits per heavy atom. The number of amidine groups is 1. The van der Waals surface area contributed by atoms with Gasteiger partial charge in [0.25, 0.3) is 5.91 Å². The summed E-state index contributed by atoms with van der Waals surface area (Å²) in [5, 5.41) is 0.388. The fourth-order valence-electron chi connectivity index (χ4n) is 0.878. The maximum Gasteiger partial charge on any atom is 0.279 e. The van der Waals surface area contributed by atoms with Gasteiger partial charge in [-0.25, -0.2) is 4.99 Å². The molecule has 1 aromatic rings. The highest BCUT2D eigenvalue weighted by molar-refractivity contribution is 8.13. The van der Waals surface area contributed by atoms with Crippen molar-refractivity contribution in [2.24, 2.45) is 9.98 Å². The van der Waals surface area contributed by atoms with Crippen LogP contribution in [0.15, 0.2) is 40.3 Å². The number of hydrogen-bond acceptors (Lipinski definition) is 2. The molecule has 0 spiro atoms. The zero-order valence-corrected chi connectivity index (χ0v) is 10.6. The number of thioether (sulfide) groups is 1. The molecule has 0 saturated carbocycles. The number of amides is 1. The SMILES string of the molecule is C=NC(=NC(=O)c1ccccc1)SC.CC. The number of rotatable bonds is 1. The maximum absolute atomic E-state index is 11.5. The molecule has 0 atom stereocenters. The van der Waals surface area contributed by atoms with Gasteiger partial charge in [0.15, 0.2) is 5.17 Å². The van der Waals surface area contributed by atoms with Gasteiger partial charge in [0.05, 0.1) is 0 Å². The summed E-state index contributed by atoms with van der Waals surface area (Å²) in [4.78, 5) is 18.9. The van der Waals surface area contributed by atoms with Crippen LogP contribution in [0.5, 0.6) is 0 Å². The molecule has 1 aromatic carbocycles. The van der Waals surface area contributed by atoms with Crippen LogP contribution in [0.3, 0.4) is 0 Å². The Morgan fingerprint density at radius 1 is 1.25 bits per heavy atom. The van der Waals surface area contributed by atoms with Crippen molar-refractivity contribution >= 4 is 29.6 Å². The minimum absolute atomic E-state index is 0.289. The predicted molar refractivity (Wildman–Crippen MR) is 72.6 cm³/mol. The lowest BCUT2D eigenvalue weighted by Gasteiger charge is -1.95. The summed E-state index contributed by atoms with van der Waals surface area (Å²) < 4.78 is 0. The molecule has 0 aliphatic heterocycles. The van der Waals surface area contributed by atoms with Gasteiger partial charge >= 0.3 is 0 Å². The fraction of sp³-hybridized carbons (Fsp3) is 0.250. The standard InChI is InChI=1S/C10H10N2OS.C2H6/c1-11-10(14-2)12-9(13)8-6-4-3-5-7-8;1-2/h3-7H,1H2,2H3;1-2H3. The van der Waals surface area contributed by atoms with E-state index >= 15 is 0 Å². The lowest BCUT2D eigenvalue weighted by Crippen LogP contribution is -1.98. The van der Waals surface area contributed by atoms with Crippen LogP contribution in [0.1, 0.15) is 24.2 Å². The molecule has 1 amide bonds. The van der Waals surface area contributed by atoms with Crippen molar-refractivity contribution in [2.45, 2.75) is 13.8 Å². The second-order valence-electron chi connectivity index (χ2n) is 2.43. The first-order chi connectivity index (χ1) is 7.77. The van der Waals surface area contributed by atoms with Gasteiger partial charge < -0.3 is 0 Å². The summed E-state index contributed by atoms with van der Waals surface area (Å²) in [5.74, 6) is -0.289. The van der Waals surface area contributed by atoms with Crippen LogP contribution in [0, 0.1) is 0 Å². The van der Waals surface area contributed by atoms with Crippen molar-refractivity contribution in [2.75, 3.05) is 6.26 Å². The third-order valence-electron chi connectivity index (χ3n) is 1.54. The predicted octanol–water partition coefficient (Wildman–Crippen LogP) is 3.27. The van der Waals surface area contributed by atoms with Crippen molar-refractivity contribution in [1.29, 1.82) is 0 Å². The summed E-state index contributed by atoms with van der Waals surface area (Å²) in [6.45, 7) is 7.32. The largest absolute Gasteiger partial charge is 0.279 e. The summed E-state index contributed by atoms with van der Waals surface area (Å²) in [7, 11) is 0. The summed E-state index contributed by atoms with van der Waals surface area (Å²) >= 11 is 1.29. The molecule has 0 fully saturated rings. The van der Waals surface area contributed by atoms with Crippen LogP contribution in [-0.4, -0.2) is 24.0 Å². The Morgan fingerprint density at radius 3 is 2.25 bits per heavy atom. The smallest absolute Gasteiger partial charge is 0.267 e. The van der Waals surface area contributed by atoms with E-state index in [1.54, 1.807) is 30.5 Å². The third kappa shape index (κ3) is 4.89. The van der Waals surface area contributed by atoms with Gasteiger partial charge in [-0.15, -0.1) is 0 Å². The molecular weight excluding hydrogens is 220 g/mol. The third-order valence-corrected chi connectivity index (χ3v) is 2.12. The van der Waals surface area contributed by atoms with Gasteiger partial charge in [-0.2, -0.15) is 4.99 Å². The highest BCUT2D eigenvalue weighted by atomic mass is 32.2. The average molecular weight is 236 g/mol. The number of carbonyl (C=O) groups is 1. The van der Waals surface area contributed by atoms with Gasteiger partial charge in [0.1, 0.15) is 0 Å². The van der Waals surface area contributed by atoms with Crippen LogP contribution in [0.4, 0.5) is 0 Å². The van der Waals surface area contributed by atoms with Gasteiger partial charge in [0, 0.05) is 5.56 Å². The van der Waals surface area contributed by atoms with Crippen molar-refractivity contribution < 1.29 is 4.79 Å². The van der Waals surface area contributed by atoms with Crippen LogP contribution in [-0.2, 0) is 0 Å². The van der Waals surface area contributed by atoms with E-state index in [1.165, 1.54) is 11.8 Å². The molecule has 16 heavy (non-hydrogen) atoms. The zero-order chi connectivity index (χ0) is 12.4. The van der Waals surface area contributed by atoms with E-state index in [0.717, 1.165) is 0 Å². The molecule has 1 rings (SSSR count). The Bertz CT molecular complexity index is 361. The summed E-state index contributed by atoms with van der Waals surface area (Å²) in [6.07, 6.45) is 1.80. The van der Waals surface area contributed by atoms with Crippen LogP contribution in [0.25, 0.3) is 0 Å². The minimum Gasteiger partial charge on any atom is -0.267 e. The normalized spacial score (nSPS) is 10.1. The molecule has 0 saturated heterocycles. The number of nitrogens with zero attached hydrogens (tertiary/aromatic N) is 2. The van der Waals surface area contributed by atoms with E-state index in [2.05, 4.69) is 16.7 Å². The highest BCUT2D eigenvalue weighted by Crippen LogP contribution is 2.05. The van der Waals surface area contributed by atoms with Crippen molar-refractivity contribution in [3.8, 4) is 0 Å². The Balaban J connectivity index is 0.00000106. The lowest BCUT2D eigenvalue weighted by atomic mass is 10.2. The highest BCUT2D eigenvalue weighted by Gasteiger charge is 2.03. The Hall–Kier alpha value is -1.42. The first-order valence-electron chi connectivity index (χ1n) is 4.96. The number of hydrogen-bond donors (Lipinski definition) is 0. The van der Waals surface area contributed by atoms with E-state index in [9.17, 15) is 4.79 Å². The molecule has 0 aromatic heterocycles. The molecule has 4 heteroatoms. The molecule has 0 radical (unpaired) electrons. The van der Waals surface area contributed by atoms with Crippen LogP contribution in [0.2, 0.25) is 0 Å². The van der Waals surface area contributed by atoms with Gasteiger partial charge in [-0.05, 0) is 25.1 Å². The number of aliphatic imine (C=N–C) groups is 2. The Kier molecular flexibility index (Phi) is 8.07. The van der Waals surface area contributed by atoms with E-state index in [0.29, 0.717) is 10.7 Å². The van der Waals surface area contributed by atoms with Gasteiger partial charge in [0.2, 0.25) is 0 Å². The number of carbonyl (C=O) groups excluding carboxylic acids is 1. The minimum atomic E-state index is -0.289. The Labute approximate surface area is 101 Å². The van der Waals surface area contributed by atoms with Crippen LogP contribution >= 0.6 is 11.8 Å². The van der Waals surface area contributed by atoms with E-state index in [4.69, 9.17) is 0 Å². The first-order valence-corrected chi connectivity index (χ1v) is 6.19. The monoisotopic (exact) mass is 236 g/mol. The van der Waals surface area contributed by atoms with E-state index < -0.39 is 0 Å². The zero-order valence-electron chi connectivity index (χ0n) is 9.80. The summed E-state index contributed by atoms with van der Waals surface area (Å²) in [5.41, 5.74) is 0.558. The molecule has 3 nitrogen and oxygen atoms in total.